The summed E-state index contributed by atoms with van der Waals surface area (Å²) >= 11 is 1.71. The molecule has 0 saturated carbocycles. The monoisotopic (exact) mass is 214 g/mol. The van der Waals surface area contributed by atoms with Crippen LogP contribution in [0.5, 0.6) is 0 Å². The maximum Gasteiger partial charge on any atom is 0.0738 e. The van der Waals surface area contributed by atoms with E-state index in [-0.39, 0.29) is 12.1 Å². The van der Waals surface area contributed by atoms with Crippen molar-refractivity contribution < 1.29 is 4.74 Å². The van der Waals surface area contributed by atoms with Gasteiger partial charge in [-0.05, 0) is 35.2 Å². The summed E-state index contributed by atoms with van der Waals surface area (Å²) in [5.74, 6) is 5.51. The number of hydrogen-bond acceptors (Lipinski definition) is 4. The minimum atomic E-state index is 0.180. The number of nitrogens with one attached hydrogen (secondary N) is 1. The molecule has 3 nitrogen and oxygen atoms in total. The summed E-state index contributed by atoms with van der Waals surface area (Å²) in [6.45, 7) is 2.10. The van der Waals surface area contributed by atoms with Gasteiger partial charge in [0.05, 0.1) is 12.1 Å². The summed E-state index contributed by atoms with van der Waals surface area (Å²) in [7, 11) is 1.73. The van der Waals surface area contributed by atoms with Gasteiger partial charge in [0.15, 0.2) is 0 Å². The van der Waals surface area contributed by atoms with E-state index in [0.717, 1.165) is 12.8 Å². The van der Waals surface area contributed by atoms with E-state index in [9.17, 15) is 0 Å². The van der Waals surface area contributed by atoms with Crippen molar-refractivity contribution >= 4 is 11.3 Å². The Kier molecular flexibility index (Phi) is 5.11. The summed E-state index contributed by atoms with van der Waals surface area (Å²) in [6, 6.07) is 2.32. The molecule has 0 fully saturated rings. The molecule has 0 aliphatic rings. The molecule has 0 saturated heterocycles. The second kappa shape index (κ2) is 6.14. The number of ether oxygens (including phenoxy) is 1. The second-order valence-electron chi connectivity index (χ2n) is 3.29. The van der Waals surface area contributed by atoms with Crippen LogP contribution in [-0.2, 0) is 11.2 Å². The average molecular weight is 214 g/mol. The lowest BCUT2D eigenvalue weighted by Gasteiger charge is -2.23. The molecular formula is C10H18N2OS. The molecule has 1 aromatic heterocycles. The van der Waals surface area contributed by atoms with Crippen molar-refractivity contribution in [3.8, 4) is 0 Å². The smallest absolute Gasteiger partial charge is 0.0738 e. The third-order valence-electron chi connectivity index (χ3n) is 2.40. The molecule has 80 valence electrons. The van der Waals surface area contributed by atoms with Crippen LogP contribution in [0.1, 0.15) is 18.9 Å². The van der Waals surface area contributed by atoms with E-state index in [2.05, 4.69) is 29.2 Å². The fraction of sp³-hybridized carbons (Fsp3) is 0.600. The lowest BCUT2D eigenvalue weighted by Crippen LogP contribution is -2.46. The van der Waals surface area contributed by atoms with Gasteiger partial charge in [0, 0.05) is 7.11 Å². The minimum absolute atomic E-state index is 0.180. The lowest BCUT2D eigenvalue weighted by atomic mass is 10.0. The van der Waals surface area contributed by atoms with Gasteiger partial charge in [-0.3, -0.25) is 11.3 Å². The molecule has 4 heteroatoms. The normalized spacial score (nSPS) is 15.4. The van der Waals surface area contributed by atoms with Crippen molar-refractivity contribution in [2.24, 2.45) is 5.84 Å². The quantitative estimate of drug-likeness (QED) is 0.558. The molecule has 0 aromatic carbocycles. The highest BCUT2D eigenvalue weighted by Gasteiger charge is 2.18. The summed E-state index contributed by atoms with van der Waals surface area (Å²) < 4.78 is 5.36. The Balaban J connectivity index is 2.53. The molecule has 14 heavy (non-hydrogen) atoms. The predicted molar refractivity (Wildman–Crippen MR) is 60.2 cm³/mol. The fourth-order valence-electron chi connectivity index (χ4n) is 1.58. The number of hydrazine groups is 1. The van der Waals surface area contributed by atoms with Crippen LogP contribution < -0.4 is 11.3 Å². The molecule has 0 amide bonds. The SMILES string of the molecule is CCC(OC)C(Cc1ccsc1)NN. The highest BCUT2D eigenvalue weighted by Crippen LogP contribution is 2.12. The number of hydrogen-bond donors (Lipinski definition) is 2. The van der Waals surface area contributed by atoms with Crippen molar-refractivity contribution in [2.45, 2.75) is 31.9 Å². The Morgan fingerprint density at radius 1 is 1.64 bits per heavy atom. The van der Waals surface area contributed by atoms with Gasteiger partial charge in [-0.1, -0.05) is 6.92 Å². The Bertz CT molecular complexity index is 234. The summed E-state index contributed by atoms with van der Waals surface area (Å²) in [5, 5.41) is 4.23. The van der Waals surface area contributed by atoms with E-state index < -0.39 is 0 Å². The Labute approximate surface area is 89.2 Å². The zero-order valence-corrected chi connectivity index (χ0v) is 9.51. The Morgan fingerprint density at radius 3 is 2.86 bits per heavy atom. The van der Waals surface area contributed by atoms with E-state index >= 15 is 0 Å². The first-order valence-corrected chi connectivity index (χ1v) is 5.76. The predicted octanol–water partition coefficient (Wildman–Crippen LogP) is 1.55. The van der Waals surface area contributed by atoms with Crippen LogP contribution in [0.3, 0.4) is 0 Å². The summed E-state index contributed by atoms with van der Waals surface area (Å²) in [6.07, 6.45) is 2.07. The van der Waals surface area contributed by atoms with Crippen LogP contribution in [0.15, 0.2) is 16.8 Å². The molecule has 2 unspecified atom stereocenters. The molecule has 1 heterocycles. The van der Waals surface area contributed by atoms with Crippen LogP contribution in [-0.4, -0.2) is 19.3 Å². The highest BCUT2D eigenvalue weighted by molar-refractivity contribution is 7.07. The molecule has 1 aromatic rings. The number of methoxy groups -OCH3 is 1. The van der Waals surface area contributed by atoms with Crippen LogP contribution in [0.2, 0.25) is 0 Å². The number of thiophene rings is 1. The van der Waals surface area contributed by atoms with Crippen molar-refractivity contribution in [1.82, 2.24) is 5.43 Å². The van der Waals surface area contributed by atoms with Gasteiger partial charge < -0.3 is 4.74 Å². The van der Waals surface area contributed by atoms with E-state index in [1.54, 1.807) is 18.4 Å². The molecule has 1 rings (SSSR count). The molecule has 3 N–H and O–H groups in total. The second-order valence-corrected chi connectivity index (χ2v) is 4.07. The van der Waals surface area contributed by atoms with Crippen LogP contribution in [0, 0.1) is 0 Å². The number of rotatable bonds is 6. The molecule has 0 aliphatic carbocycles. The highest BCUT2D eigenvalue weighted by atomic mass is 32.1. The van der Waals surface area contributed by atoms with E-state index in [1.807, 2.05) is 0 Å². The van der Waals surface area contributed by atoms with Crippen molar-refractivity contribution in [3.63, 3.8) is 0 Å². The van der Waals surface area contributed by atoms with Crippen LogP contribution in [0.4, 0.5) is 0 Å². The third kappa shape index (κ3) is 3.06. The van der Waals surface area contributed by atoms with Crippen molar-refractivity contribution in [3.05, 3.63) is 22.4 Å². The maximum absolute atomic E-state index is 5.51. The van der Waals surface area contributed by atoms with Gasteiger partial charge in [0.1, 0.15) is 0 Å². The first kappa shape index (κ1) is 11.7. The molecule has 0 radical (unpaired) electrons. The maximum atomic E-state index is 5.51. The third-order valence-corrected chi connectivity index (χ3v) is 3.14. The lowest BCUT2D eigenvalue weighted by molar-refractivity contribution is 0.0654. The first-order valence-electron chi connectivity index (χ1n) is 4.81. The largest absolute Gasteiger partial charge is 0.380 e. The molecule has 0 bridgehead atoms. The fourth-order valence-corrected chi connectivity index (χ4v) is 2.26. The topological polar surface area (TPSA) is 47.3 Å². The average Bonchev–Trinajstić information content (AvgIpc) is 2.70. The van der Waals surface area contributed by atoms with E-state index in [0.29, 0.717) is 0 Å². The molecule has 0 aliphatic heterocycles. The van der Waals surface area contributed by atoms with Crippen molar-refractivity contribution in [1.29, 1.82) is 0 Å². The van der Waals surface area contributed by atoms with Gasteiger partial charge in [-0.25, -0.2) is 0 Å². The summed E-state index contributed by atoms with van der Waals surface area (Å²) in [4.78, 5) is 0. The number of nitrogens with two attached hydrogens (primary N) is 1. The van der Waals surface area contributed by atoms with E-state index in [1.165, 1.54) is 5.56 Å². The standard InChI is InChI=1S/C10H18N2OS/c1-3-10(13-2)9(12-11)6-8-4-5-14-7-8/h4-5,7,9-10,12H,3,6,11H2,1-2H3. The van der Waals surface area contributed by atoms with Gasteiger partial charge in [-0.2, -0.15) is 11.3 Å². The van der Waals surface area contributed by atoms with Crippen molar-refractivity contribution in [2.75, 3.05) is 7.11 Å². The molecular weight excluding hydrogens is 196 g/mol. The zero-order chi connectivity index (χ0) is 10.4. The van der Waals surface area contributed by atoms with Crippen LogP contribution >= 0.6 is 11.3 Å². The zero-order valence-electron chi connectivity index (χ0n) is 8.69. The summed E-state index contributed by atoms with van der Waals surface area (Å²) in [5.41, 5.74) is 4.14. The van der Waals surface area contributed by atoms with Crippen LogP contribution in [0.25, 0.3) is 0 Å². The van der Waals surface area contributed by atoms with Gasteiger partial charge in [-0.15, -0.1) is 0 Å². The minimum Gasteiger partial charge on any atom is -0.380 e. The molecule has 2 atom stereocenters. The Morgan fingerprint density at radius 2 is 2.43 bits per heavy atom. The van der Waals surface area contributed by atoms with Gasteiger partial charge in [0.2, 0.25) is 0 Å². The van der Waals surface area contributed by atoms with Gasteiger partial charge >= 0.3 is 0 Å². The van der Waals surface area contributed by atoms with Gasteiger partial charge in [0.25, 0.3) is 0 Å². The Hall–Kier alpha value is -0.420. The first-order chi connectivity index (χ1) is 6.81. The molecule has 0 spiro atoms. The van der Waals surface area contributed by atoms with E-state index in [4.69, 9.17) is 10.6 Å².